The fraction of sp³-hybridized carbons (Fsp3) is 0.550. The van der Waals surface area contributed by atoms with Crippen LogP contribution in [0.2, 0.25) is 0 Å². The van der Waals surface area contributed by atoms with E-state index in [-0.39, 0.29) is 17.8 Å². The molecule has 1 heterocycles. The van der Waals surface area contributed by atoms with E-state index in [1.807, 2.05) is 0 Å². The minimum atomic E-state index is -0.731. The zero-order valence-corrected chi connectivity index (χ0v) is 13.6. The highest BCUT2D eigenvalue weighted by Crippen LogP contribution is 2.43. The van der Waals surface area contributed by atoms with Crippen LogP contribution < -0.4 is 0 Å². The molecule has 0 aromatic heterocycles. The van der Waals surface area contributed by atoms with Crippen molar-refractivity contribution >= 4 is 5.78 Å². The Morgan fingerprint density at radius 3 is 2.25 bits per heavy atom. The van der Waals surface area contributed by atoms with Gasteiger partial charge in [-0.2, -0.15) is 0 Å². The highest BCUT2D eigenvalue weighted by atomic mass is 19.2. The van der Waals surface area contributed by atoms with E-state index in [0.717, 1.165) is 32.1 Å². The molecule has 1 aromatic carbocycles. The average Bonchev–Trinajstić information content (AvgIpc) is 3.43. The van der Waals surface area contributed by atoms with Crippen molar-refractivity contribution in [1.29, 1.82) is 0 Å². The summed E-state index contributed by atoms with van der Waals surface area (Å²) in [7, 11) is 0. The fourth-order valence-corrected chi connectivity index (χ4v) is 4.34. The molecule has 4 rings (SSSR count). The van der Waals surface area contributed by atoms with Crippen LogP contribution in [0.5, 0.6) is 0 Å². The third-order valence-corrected chi connectivity index (χ3v) is 5.89. The summed E-state index contributed by atoms with van der Waals surface area (Å²) in [6, 6.07) is 3.44. The summed E-state index contributed by atoms with van der Waals surface area (Å²) < 4.78 is 33.7. The number of benzene rings is 1. The second-order valence-corrected chi connectivity index (χ2v) is 7.33. The number of allylic oxidation sites excluding steroid dienone is 2. The van der Waals surface area contributed by atoms with Gasteiger partial charge in [0.2, 0.25) is 0 Å². The van der Waals surface area contributed by atoms with Gasteiger partial charge >= 0.3 is 0 Å². The molecule has 2 atom stereocenters. The lowest BCUT2D eigenvalue weighted by Crippen LogP contribution is -2.23. The van der Waals surface area contributed by atoms with Gasteiger partial charge < -0.3 is 4.74 Å². The first-order valence-corrected chi connectivity index (χ1v) is 8.94. The molecule has 0 N–H and O–H groups in total. The molecule has 2 aliphatic carbocycles. The highest BCUT2D eigenvalue weighted by molar-refractivity contribution is 5.90. The minimum absolute atomic E-state index is 0.0964. The Kier molecular flexibility index (Phi) is 4.25. The molecule has 0 amide bonds. The second-order valence-electron chi connectivity index (χ2n) is 7.33. The van der Waals surface area contributed by atoms with Crippen molar-refractivity contribution in [2.75, 3.05) is 6.61 Å². The standard InChI is InChI=1S/C20H22F2O2/c21-19-16(9-10-17(20(19)22)18-11-24-18)14-3-1-12(2-4-14)13-5-7-15(23)8-6-13/h5,7,9-10,12-14,18H,1-4,6,8,11H2. The van der Waals surface area contributed by atoms with Gasteiger partial charge in [-0.1, -0.05) is 18.2 Å². The van der Waals surface area contributed by atoms with E-state index < -0.39 is 11.6 Å². The maximum Gasteiger partial charge on any atom is 0.165 e. The summed E-state index contributed by atoms with van der Waals surface area (Å²) in [5.41, 5.74) is 0.867. The summed E-state index contributed by atoms with van der Waals surface area (Å²) >= 11 is 0. The van der Waals surface area contributed by atoms with Gasteiger partial charge in [-0.3, -0.25) is 4.79 Å². The molecule has 2 nitrogen and oxygen atoms in total. The van der Waals surface area contributed by atoms with E-state index in [4.69, 9.17) is 4.74 Å². The highest BCUT2D eigenvalue weighted by Gasteiger charge is 2.33. The van der Waals surface area contributed by atoms with Gasteiger partial charge in [0, 0.05) is 12.0 Å². The molecule has 2 unspecified atom stereocenters. The van der Waals surface area contributed by atoms with Crippen LogP contribution in [0.3, 0.4) is 0 Å². The maximum absolute atomic E-state index is 14.5. The van der Waals surface area contributed by atoms with Gasteiger partial charge in [0.25, 0.3) is 0 Å². The second kappa shape index (κ2) is 6.40. The molecule has 128 valence electrons. The van der Waals surface area contributed by atoms with Crippen molar-refractivity contribution in [3.8, 4) is 0 Å². The monoisotopic (exact) mass is 332 g/mol. The Labute approximate surface area is 140 Å². The van der Waals surface area contributed by atoms with Crippen LogP contribution in [-0.2, 0) is 9.53 Å². The minimum Gasteiger partial charge on any atom is -0.368 e. The predicted molar refractivity (Wildman–Crippen MR) is 86.6 cm³/mol. The van der Waals surface area contributed by atoms with Crippen LogP contribution in [0, 0.1) is 23.5 Å². The number of ether oxygens (including phenoxy) is 1. The molecule has 2 fully saturated rings. The van der Waals surface area contributed by atoms with E-state index in [9.17, 15) is 13.6 Å². The first kappa shape index (κ1) is 15.9. The molecule has 4 heteroatoms. The number of carbonyl (C=O) groups is 1. The predicted octanol–water partition coefficient (Wildman–Crippen LogP) is 4.85. The Hall–Kier alpha value is -1.55. The van der Waals surface area contributed by atoms with Crippen LogP contribution in [0.15, 0.2) is 24.3 Å². The lowest BCUT2D eigenvalue weighted by atomic mass is 9.71. The number of halogens is 2. The van der Waals surface area contributed by atoms with Gasteiger partial charge in [0.1, 0.15) is 6.10 Å². The number of carbonyl (C=O) groups excluding carboxylic acids is 1. The largest absolute Gasteiger partial charge is 0.368 e. The van der Waals surface area contributed by atoms with Crippen LogP contribution >= 0.6 is 0 Å². The number of rotatable bonds is 3. The Balaban J connectivity index is 1.43. The SMILES string of the molecule is O=C1C=CC(C2CCC(c3ccc(C4CO4)c(F)c3F)CC2)CC1. The van der Waals surface area contributed by atoms with Crippen LogP contribution in [0.1, 0.15) is 61.7 Å². The van der Waals surface area contributed by atoms with E-state index in [2.05, 4.69) is 6.08 Å². The van der Waals surface area contributed by atoms with Gasteiger partial charge in [-0.15, -0.1) is 0 Å². The summed E-state index contributed by atoms with van der Waals surface area (Å²) in [6.07, 6.45) is 8.90. The first-order chi connectivity index (χ1) is 11.6. The topological polar surface area (TPSA) is 29.6 Å². The van der Waals surface area contributed by atoms with Crippen LogP contribution in [0.25, 0.3) is 0 Å². The smallest absolute Gasteiger partial charge is 0.165 e. The lowest BCUT2D eigenvalue weighted by Gasteiger charge is -2.34. The normalized spacial score (nSPS) is 32.8. The third kappa shape index (κ3) is 3.04. The van der Waals surface area contributed by atoms with Crippen molar-refractivity contribution in [2.24, 2.45) is 11.8 Å². The number of ketones is 1. The number of hydrogen-bond acceptors (Lipinski definition) is 2. The van der Waals surface area contributed by atoms with Gasteiger partial charge in [-0.25, -0.2) is 8.78 Å². The van der Waals surface area contributed by atoms with Crippen LogP contribution in [-0.4, -0.2) is 12.4 Å². The van der Waals surface area contributed by atoms with Crippen molar-refractivity contribution in [3.05, 3.63) is 47.0 Å². The van der Waals surface area contributed by atoms with Gasteiger partial charge in [0.15, 0.2) is 17.4 Å². The molecular weight excluding hydrogens is 310 g/mol. The summed E-state index contributed by atoms with van der Waals surface area (Å²) in [6.45, 7) is 0.484. The van der Waals surface area contributed by atoms with Gasteiger partial charge in [0.05, 0.1) is 6.61 Å². The molecular formula is C20H22F2O2. The molecule has 0 radical (unpaired) electrons. The summed E-state index contributed by atoms with van der Waals surface area (Å²) in [5, 5.41) is 0. The molecule has 1 aliphatic heterocycles. The van der Waals surface area contributed by atoms with Gasteiger partial charge in [-0.05, 0) is 61.5 Å². The zero-order valence-electron chi connectivity index (χ0n) is 13.6. The van der Waals surface area contributed by atoms with Crippen molar-refractivity contribution in [3.63, 3.8) is 0 Å². The molecule has 24 heavy (non-hydrogen) atoms. The molecule has 1 saturated heterocycles. The fourth-order valence-electron chi connectivity index (χ4n) is 4.34. The van der Waals surface area contributed by atoms with Crippen molar-refractivity contribution in [1.82, 2.24) is 0 Å². The molecule has 0 spiro atoms. The zero-order chi connectivity index (χ0) is 16.7. The Bertz CT molecular complexity index is 670. The Morgan fingerprint density at radius 1 is 0.958 bits per heavy atom. The van der Waals surface area contributed by atoms with E-state index >= 15 is 0 Å². The first-order valence-electron chi connectivity index (χ1n) is 8.94. The molecule has 1 aromatic rings. The molecule has 1 saturated carbocycles. The number of epoxide rings is 1. The molecule has 3 aliphatic rings. The van der Waals surface area contributed by atoms with E-state index in [1.54, 1.807) is 18.2 Å². The quantitative estimate of drug-likeness (QED) is 0.741. The Morgan fingerprint density at radius 2 is 1.62 bits per heavy atom. The van der Waals surface area contributed by atoms with E-state index in [0.29, 0.717) is 36.0 Å². The van der Waals surface area contributed by atoms with Crippen LogP contribution in [0.4, 0.5) is 8.78 Å². The lowest BCUT2D eigenvalue weighted by molar-refractivity contribution is -0.115. The third-order valence-electron chi connectivity index (χ3n) is 5.89. The van der Waals surface area contributed by atoms with Crippen molar-refractivity contribution in [2.45, 2.75) is 50.5 Å². The summed E-state index contributed by atoms with van der Waals surface area (Å²) in [4.78, 5) is 11.3. The van der Waals surface area contributed by atoms with E-state index in [1.165, 1.54) is 0 Å². The molecule has 0 bridgehead atoms. The maximum atomic E-state index is 14.5. The number of hydrogen-bond donors (Lipinski definition) is 0. The van der Waals surface area contributed by atoms with Crippen molar-refractivity contribution < 1.29 is 18.3 Å². The summed E-state index contributed by atoms with van der Waals surface area (Å²) in [5.74, 6) is -0.0610. The average molecular weight is 332 g/mol.